The van der Waals surface area contributed by atoms with Crippen molar-refractivity contribution in [1.82, 2.24) is 19.3 Å². The quantitative estimate of drug-likeness (QED) is 0.320. The zero-order valence-electron chi connectivity index (χ0n) is 19.9. The molecule has 1 aromatic carbocycles. The maximum absolute atomic E-state index is 14.0. The van der Waals surface area contributed by atoms with E-state index in [0.717, 1.165) is 33.5 Å². The van der Waals surface area contributed by atoms with Gasteiger partial charge in [-0.1, -0.05) is 41.7 Å². The minimum absolute atomic E-state index is 0.00593. The monoisotopic (exact) mass is 503 g/mol. The minimum Gasteiger partial charge on any atom is -0.397 e. The van der Waals surface area contributed by atoms with Gasteiger partial charge in [-0.2, -0.15) is 0 Å². The van der Waals surface area contributed by atoms with E-state index >= 15 is 0 Å². The molecule has 5 rings (SSSR count). The third kappa shape index (κ3) is 4.86. The number of carbonyl (C=O) groups is 1. The molecule has 184 valence electrons. The molecule has 0 radical (unpaired) electrons. The third-order valence-electron chi connectivity index (χ3n) is 5.82. The summed E-state index contributed by atoms with van der Waals surface area (Å²) in [5.41, 5.74) is 9.50. The average Bonchev–Trinajstić information content (AvgIpc) is 3.49. The van der Waals surface area contributed by atoms with Gasteiger partial charge in [0.15, 0.2) is 5.13 Å². The number of hydrogen-bond donors (Lipinski definition) is 3. The van der Waals surface area contributed by atoms with Crippen LogP contribution in [-0.4, -0.2) is 45.3 Å². The number of para-hydroxylation sites is 1. The summed E-state index contributed by atoms with van der Waals surface area (Å²) in [6.45, 7) is 0.811. The lowest BCUT2D eigenvalue weighted by Crippen LogP contribution is -2.22. The van der Waals surface area contributed by atoms with Gasteiger partial charge in [0.05, 0.1) is 28.5 Å². The Morgan fingerprint density at radius 3 is 2.86 bits per heavy atom. The van der Waals surface area contributed by atoms with Crippen LogP contribution in [0.25, 0.3) is 16.2 Å². The Bertz CT molecular complexity index is 1470. The number of nitrogens with zero attached hydrogens (tertiary/aromatic N) is 4. The van der Waals surface area contributed by atoms with Crippen LogP contribution in [-0.2, 0) is 11.3 Å². The molecule has 0 spiro atoms. The molecule has 0 fully saturated rings. The summed E-state index contributed by atoms with van der Waals surface area (Å²) in [5, 5.41) is 6.74. The lowest BCUT2D eigenvalue weighted by molar-refractivity contribution is -0.112. The zero-order chi connectivity index (χ0) is 25.2. The topological polar surface area (TPSA) is 101 Å². The fourth-order valence-electron chi connectivity index (χ4n) is 4.09. The van der Waals surface area contributed by atoms with Crippen molar-refractivity contribution in [3.8, 4) is 10.6 Å². The van der Waals surface area contributed by atoms with Crippen molar-refractivity contribution in [3.63, 3.8) is 0 Å². The molecule has 10 heteroatoms. The van der Waals surface area contributed by atoms with E-state index in [1.807, 2.05) is 50.9 Å². The molecule has 0 saturated heterocycles. The summed E-state index contributed by atoms with van der Waals surface area (Å²) >= 11 is 1.55. The van der Waals surface area contributed by atoms with Crippen LogP contribution < -0.4 is 16.4 Å². The Balaban J connectivity index is 1.25. The van der Waals surface area contributed by atoms with Crippen molar-refractivity contribution >= 4 is 39.4 Å². The van der Waals surface area contributed by atoms with Gasteiger partial charge in [-0.25, -0.2) is 14.4 Å². The van der Waals surface area contributed by atoms with Crippen LogP contribution >= 0.6 is 11.3 Å². The number of fused-ring (bicyclic) bond motifs is 1. The highest BCUT2D eigenvalue weighted by molar-refractivity contribution is 7.18. The molecule has 3 heterocycles. The van der Waals surface area contributed by atoms with Gasteiger partial charge in [0.25, 0.3) is 5.91 Å². The first-order valence-electron chi connectivity index (χ1n) is 11.4. The van der Waals surface area contributed by atoms with Crippen LogP contribution in [0.4, 0.5) is 20.9 Å². The van der Waals surface area contributed by atoms with Gasteiger partial charge in [0.1, 0.15) is 17.2 Å². The van der Waals surface area contributed by atoms with Gasteiger partial charge in [-0.05, 0) is 38.7 Å². The fourth-order valence-corrected chi connectivity index (χ4v) is 4.97. The highest BCUT2D eigenvalue weighted by atomic mass is 32.1. The number of hydrogen-bond acceptors (Lipinski definition) is 7. The third-order valence-corrected chi connectivity index (χ3v) is 6.77. The maximum Gasteiger partial charge on any atom is 0.255 e. The van der Waals surface area contributed by atoms with Crippen LogP contribution in [0.15, 0.2) is 72.7 Å². The smallest absolute Gasteiger partial charge is 0.255 e. The largest absolute Gasteiger partial charge is 0.397 e. The number of amides is 1. The standard InChI is InChI=1S/C26H26FN7OS/c1-33(2)15-17-5-4-12-34-21(13-29-24(17)34)22-14-30-26(36-22)31-18-10-8-16(9-11-18)25(35)32-23-19(27)6-3-7-20(23)28/h3-10,12-14,18H,11,15,28H2,1-2H3,(H,30,31)(H,32,35). The van der Waals surface area contributed by atoms with Crippen molar-refractivity contribution in [2.75, 3.05) is 30.5 Å². The first kappa shape index (κ1) is 23.7. The normalized spacial score (nSPS) is 15.3. The highest BCUT2D eigenvalue weighted by Crippen LogP contribution is 2.31. The molecule has 3 aromatic heterocycles. The molecule has 8 nitrogen and oxygen atoms in total. The molecule has 0 aliphatic heterocycles. The van der Waals surface area contributed by atoms with E-state index in [2.05, 4.69) is 36.0 Å². The van der Waals surface area contributed by atoms with Crippen LogP contribution in [0, 0.1) is 5.82 Å². The van der Waals surface area contributed by atoms with E-state index in [-0.39, 0.29) is 17.4 Å². The summed E-state index contributed by atoms with van der Waals surface area (Å²) in [7, 11) is 4.08. The summed E-state index contributed by atoms with van der Waals surface area (Å²) in [6, 6.07) is 8.40. The number of rotatable bonds is 7. The van der Waals surface area contributed by atoms with Crippen molar-refractivity contribution in [2.24, 2.45) is 0 Å². The van der Waals surface area contributed by atoms with Gasteiger partial charge in [-0.15, -0.1) is 0 Å². The number of imidazole rings is 1. The Kier molecular flexibility index (Phi) is 6.53. The van der Waals surface area contributed by atoms with Crippen molar-refractivity contribution < 1.29 is 9.18 Å². The molecule has 0 saturated carbocycles. The Hall–Kier alpha value is -4.02. The molecule has 36 heavy (non-hydrogen) atoms. The molecule has 0 bridgehead atoms. The molecular formula is C26H26FN7OS. The number of nitrogens with one attached hydrogen (secondary N) is 2. The second kappa shape index (κ2) is 9.92. The Morgan fingerprint density at radius 2 is 2.11 bits per heavy atom. The van der Waals surface area contributed by atoms with Crippen molar-refractivity contribution in [2.45, 2.75) is 19.0 Å². The van der Waals surface area contributed by atoms with Crippen molar-refractivity contribution in [1.29, 1.82) is 0 Å². The number of pyridine rings is 1. The van der Waals surface area contributed by atoms with E-state index in [4.69, 9.17) is 5.73 Å². The zero-order valence-corrected chi connectivity index (χ0v) is 20.7. The van der Waals surface area contributed by atoms with Gasteiger partial charge < -0.3 is 21.3 Å². The predicted molar refractivity (Wildman–Crippen MR) is 142 cm³/mol. The number of halogens is 1. The molecule has 4 aromatic rings. The molecule has 1 unspecified atom stereocenters. The van der Waals surface area contributed by atoms with Crippen molar-refractivity contribution in [3.05, 3.63) is 84.1 Å². The van der Waals surface area contributed by atoms with E-state index < -0.39 is 11.7 Å². The Morgan fingerprint density at radius 1 is 1.25 bits per heavy atom. The van der Waals surface area contributed by atoms with Crippen LogP contribution in [0.2, 0.25) is 0 Å². The lowest BCUT2D eigenvalue weighted by Gasteiger charge is -2.17. The second-order valence-electron chi connectivity index (χ2n) is 8.80. The molecule has 1 aliphatic rings. The fraction of sp³-hybridized carbons (Fsp3) is 0.192. The van der Waals surface area contributed by atoms with Gasteiger partial charge in [0, 0.05) is 30.1 Å². The predicted octanol–water partition coefficient (Wildman–Crippen LogP) is 4.55. The number of nitrogen functional groups attached to an aromatic ring is 1. The molecular weight excluding hydrogens is 477 g/mol. The molecule has 1 aliphatic carbocycles. The summed E-state index contributed by atoms with van der Waals surface area (Å²) in [6.07, 6.45) is 11.8. The minimum atomic E-state index is -0.567. The molecule has 4 N–H and O–H groups in total. The summed E-state index contributed by atoms with van der Waals surface area (Å²) < 4.78 is 16.1. The van der Waals surface area contributed by atoms with E-state index in [9.17, 15) is 9.18 Å². The maximum atomic E-state index is 14.0. The number of carbonyl (C=O) groups excluding carboxylic acids is 1. The SMILES string of the molecule is CN(C)Cc1cccn2c(-c3cnc(NC4C=CC(C(=O)Nc5c(N)cccc5F)=CC4)s3)cnc12. The van der Waals surface area contributed by atoms with E-state index in [1.54, 1.807) is 23.5 Å². The number of nitrogens with two attached hydrogens (primary N) is 1. The van der Waals surface area contributed by atoms with Gasteiger partial charge in [0.2, 0.25) is 0 Å². The van der Waals surface area contributed by atoms with Crippen LogP contribution in [0.3, 0.4) is 0 Å². The van der Waals surface area contributed by atoms with E-state index in [0.29, 0.717) is 12.0 Å². The summed E-state index contributed by atoms with van der Waals surface area (Å²) in [4.78, 5) is 24.9. The van der Waals surface area contributed by atoms with Crippen LogP contribution in [0.1, 0.15) is 12.0 Å². The molecule has 1 amide bonds. The first-order chi connectivity index (χ1) is 17.4. The number of aromatic nitrogens is 3. The van der Waals surface area contributed by atoms with E-state index in [1.165, 1.54) is 12.1 Å². The van der Waals surface area contributed by atoms with Gasteiger partial charge in [-0.3, -0.25) is 9.20 Å². The second-order valence-corrected chi connectivity index (χ2v) is 9.83. The van der Waals surface area contributed by atoms with Crippen LogP contribution in [0.5, 0.6) is 0 Å². The first-order valence-corrected chi connectivity index (χ1v) is 12.3. The average molecular weight is 504 g/mol. The Labute approximate surface area is 212 Å². The number of thiazole rings is 1. The summed E-state index contributed by atoms with van der Waals surface area (Å²) in [5.74, 6) is -0.970. The lowest BCUT2D eigenvalue weighted by atomic mass is 10.0. The number of anilines is 3. The van der Waals surface area contributed by atoms with Gasteiger partial charge >= 0.3 is 0 Å². The molecule has 1 atom stereocenters. The highest BCUT2D eigenvalue weighted by Gasteiger charge is 2.18. The number of benzene rings is 1.